The number of rotatable bonds is 4. The monoisotopic (exact) mass is 237 g/mol. The molecule has 0 aliphatic rings. The lowest BCUT2D eigenvalue weighted by Gasteiger charge is -2.11. The molecule has 0 amide bonds. The van der Waals surface area contributed by atoms with Gasteiger partial charge < -0.3 is 9.63 Å². The Labute approximate surface area is 98.5 Å². The Bertz CT molecular complexity index is 497. The Morgan fingerprint density at radius 2 is 2.24 bits per heavy atom. The minimum Gasteiger partial charge on any atom is -0.384 e. The third-order valence-corrected chi connectivity index (χ3v) is 2.29. The number of aryl methyl sites for hydroxylation is 1. The Morgan fingerprint density at radius 3 is 2.76 bits per heavy atom. The molecule has 0 spiro atoms. The topological polar surface area (TPSA) is 89.9 Å². The van der Waals surface area contributed by atoms with Gasteiger partial charge in [-0.1, -0.05) is 17.3 Å². The lowest BCUT2D eigenvalue weighted by molar-refractivity contribution is 0.0737. The van der Waals surface area contributed by atoms with Gasteiger partial charge in [-0.05, 0) is 13.8 Å². The predicted molar refractivity (Wildman–Crippen MR) is 58.0 cm³/mol. The van der Waals surface area contributed by atoms with E-state index in [1.54, 1.807) is 24.7 Å². The SMILES string of the molecule is CCc1noc(Cn2cc(C(C)(C)O)nn2)n1. The fourth-order valence-corrected chi connectivity index (χ4v) is 1.29. The van der Waals surface area contributed by atoms with Crippen LogP contribution in [-0.4, -0.2) is 30.2 Å². The summed E-state index contributed by atoms with van der Waals surface area (Å²) in [5.74, 6) is 1.15. The average molecular weight is 237 g/mol. The largest absolute Gasteiger partial charge is 0.384 e. The fraction of sp³-hybridized carbons (Fsp3) is 0.600. The van der Waals surface area contributed by atoms with Gasteiger partial charge in [-0.3, -0.25) is 0 Å². The molecule has 7 nitrogen and oxygen atoms in total. The zero-order valence-electron chi connectivity index (χ0n) is 10.1. The summed E-state index contributed by atoms with van der Waals surface area (Å²) in [5.41, 5.74) is -0.491. The predicted octanol–water partition coefficient (Wildman–Crippen LogP) is 0.499. The van der Waals surface area contributed by atoms with Crippen molar-refractivity contribution in [3.63, 3.8) is 0 Å². The maximum Gasteiger partial charge on any atom is 0.248 e. The van der Waals surface area contributed by atoms with Crippen molar-refractivity contribution in [2.75, 3.05) is 0 Å². The third kappa shape index (κ3) is 2.68. The first-order valence-corrected chi connectivity index (χ1v) is 5.43. The molecule has 0 saturated carbocycles. The lowest BCUT2D eigenvalue weighted by Crippen LogP contribution is -2.15. The molecule has 17 heavy (non-hydrogen) atoms. The van der Waals surface area contributed by atoms with Crippen molar-refractivity contribution >= 4 is 0 Å². The lowest BCUT2D eigenvalue weighted by atomic mass is 10.1. The molecule has 0 aromatic carbocycles. The van der Waals surface area contributed by atoms with Gasteiger partial charge in [-0.2, -0.15) is 4.98 Å². The average Bonchev–Trinajstić information content (AvgIpc) is 2.86. The number of nitrogens with zero attached hydrogens (tertiary/aromatic N) is 5. The van der Waals surface area contributed by atoms with Crippen LogP contribution in [0.3, 0.4) is 0 Å². The maximum atomic E-state index is 9.74. The number of aliphatic hydroxyl groups is 1. The van der Waals surface area contributed by atoms with Crippen LogP contribution in [0.1, 0.15) is 38.2 Å². The zero-order chi connectivity index (χ0) is 12.5. The van der Waals surface area contributed by atoms with Gasteiger partial charge >= 0.3 is 0 Å². The zero-order valence-corrected chi connectivity index (χ0v) is 10.1. The Kier molecular flexibility index (Phi) is 2.93. The Hall–Kier alpha value is -1.76. The van der Waals surface area contributed by atoms with Gasteiger partial charge in [-0.25, -0.2) is 4.68 Å². The third-order valence-electron chi connectivity index (χ3n) is 2.29. The van der Waals surface area contributed by atoms with Crippen molar-refractivity contribution in [3.05, 3.63) is 23.6 Å². The molecule has 7 heteroatoms. The van der Waals surface area contributed by atoms with Crippen molar-refractivity contribution in [1.29, 1.82) is 0 Å². The first-order valence-electron chi connectivity index (χ1n) is 5.43. The van der Waals surface area contributed by atoms with Gasteiger partial charge in [0.1, 0.15) is 17.8 Å². The molecule has 0 bridgehead atoms. The number of aromatic nitrogens is 5. The van der Waals surface area contributed by atoms with E-state index in [4.69, 9.17) is 4.52 Å². The van der Waals surface area contributed by atoms with Gasteiger partial charge in [0.05, 0.1) is 6.20 Å². The summed E-state index contributed by atoms with van der Waals surface area (Å²) in [6.45, 7) is 5.62. The number of hydrogen-bond donors (Lipinski definition) is 1. The summed E-state index contributed by atoms with van der Waals surface area (Å²) in [4.78, 5) is 4.17. The molecule has 0 saturated heterocycles. The molecule has 0 unspecified atom stereocenters. The highest BCUT2D eigenvalue weighted by Crippen LogP contribution is 2.15. The van der Waals surface area contributed by atoms with Gasteiger partial charge in [0.25, 0.3) is 0 Å². The normalized spacial score (nSPS) is 12.0. The van der Waals surface area contributed by atoms with Gasteiger partial charge in [0, 0.05) is 6.42 Å². The molecule has 2 heterocycles. The van der Waals surface area contributed by atoms with E-state index < -0.39 is 5.60 Å². The minimum absolute atomic E-state index is 0.357. The highest BCUT2D eigenvalue weighted by Gasteiger charge is 2.20. The van der Waals surface area contributed by atoms with Crippen molar-refractivity contribution in [1.82, 2.24) is 25.1 Å². The van der Waals surface area contributed by atoms with Gasteiger partial charge in [-0.15, -0.1) is 5.10 Å². The van der Waals surface area contributed by atoms with E-state index in [0.29, 0.717) is 24.0 Å². The van der Waals surface area contributed by atoms with E-state index in [2.05, 4.69) is 20.5 Å². The van der Waals surface area contributed by atoms with Crippen molar-refractivity contribution in [2.24, 2.45) is 0 Å². The molecule has 0 aliphatic carbocycles. The summed E-state index contributed by atoms with van der Waals surface area (Å²) in [5, 5.41) is 21.3. The minimum atomic E-state index is -0.998. The summed E-state index contributed by atoms with van der Waals surface area (Å²) < 4.78 is 6.60. The first-order chi connectivity index (χ1) is 7.99. The second-order valence-electron chi connectivity index (χ2n) is 4.32. The Balaban J connectivity index is 2.11. The van der Waals surface area contributed by atoms with Crippen molar-refractivity contribution in [2.45, 2.75) is 39.3 Å². The van der Waals surface area contributed by atoms with Crippen LogP contribution in [0.2, 0.25) is 0 Å². The molecular weight excluding hydrogens is 222 g/mol. The standard InChI is InChI=1S/C10H15N5O2/c1-4-8-11-9(17-13-8)6-15-5-7(12-14-15)10(2,3)16/h5,16H,4,6H2,1-3H3. The van der Waals surface area contributed by atoms with E-state index >= 15 is 0 Å². The summed E-state index contributed by atoms with van der Waals surface area (Å²) in [6.07, 6.45) is 2.39. The Morgan fingerprint density at radius 1 is 1.47 bits per heavy atom. The van der Waals surface area contributed by atoms with Gasteiger partial charge in [0.2, 0.25) is 5.89 Å². The van der Waals surface area contributed by atoms with Crippen LogP contribution in [-0.2, 0) is 18.6 Å². The van der Waals surface area contributed by atoms with Crippen LogP contribution in [0.5, 0.6) is 0 Å². The van der Waals surface area contributed by atoms with Crippen LogP contribution < -0.4 is 0 Å². The maximum absolute atomic E-state index is 9.74. The van der Waals surface area contributed by atoms with Crippen LogP contribution in [0.4, 0.5) is 0 Å². The molecule has 0 radical (unpaired) electrons. The summed E-state index contributed by atoms with van der Waals surface area (Å²) in [7, 11) is 0. The molecule has 2 rings (SSSR count). The van der Waals surface area contributed by atoms with Crippen LogP contribution in [0.25, 0.3) is 0 Å². The highest BCUT2D eigenvalue weighted by atomic mass is 16.5. The molecule has 2 aromatic heterocycles. The summed E-state index contributed by atoms with van der Waals surface area (Å²) in [6, 6.07) is 0. The smallest absolute Gasteiger partial charge is 0.248 e. The van der Waals surface area contributed by atoms with E-state index in [9.17, 15) is 5.11 Å². The van der Waals surface area contributed by atoms with Crippen LogP contribution >= 0.6 is 0 Å². The first kappa shape index (κ1) is 11.7. The number of hydrogen-bond acceptors (Lipinski definition) is 6. The van der Waals surface area contributed by atoms with E-state index in [1.165, 1.54) is 0 Å². The van der Waals surface area contributed by atoms with Crippen molar-refractivity contribution in [3.8, 4) is 0 Å². The van der Waals surface area contributed by atoms with Gasteiger partial charge in [0.15, 0.2) is 5.82 Å². The van der Waals surface area contributed by atoms with Crippen LogP contribution in [0.15, 0.2) is 10.7 Å². The molecule has 0 aliphatic heterocycles. The second-order valence-corrected chi connectivity index (χ2v) is 4.32. The molecular formula is C10H15N5O2. The van der Waals surface area contributed by atoms with Crippen LogP contribution in [0, 0.1) is 0 Å². The molecule has 0 atom stereocenters. The van der Waals surface area contributed by atoms with E-state index in [0.717, 1.165) is 6.42 Å². The van der Waals surface area contributed by atoms with E-state index in [1.807, 2.05) is 6.92 Å². The summed E-state index contributed by atoms with van der Waals surface area (Å²) >= 11 is 0. The quantitative estimate of drug-likeness (QED) is 0.832. The fourth-order valence-electron chi connectivity index (χ4n) is 1.29. The molecule has 1 N–H and O–H groups in total. The van der Waals surface area contributed by atoms with Crippen molar-refractivity contribution < 1.29 is 9.63 Å². The molecule has 2 aromatic rings. The van der Waals surface area contributed by atoms with E-state index in [-0.39, 0.29) is 0 Å². The second kappa shape index (κ2) is 4.25. The molecule has 0 fully saturated rings. The molecule has 92 valence electrons. The highest BCUT2D eigenvalue weighted by molar-refractivity contribution is 5.03.